The highest BCUT2D eigenvalue weighted by Crippen LogP contribution is 2.40. The SMILES string of the molecule is C=CCn1c(CCC2CCCCC2)nnc1SCC(=O)Nc1sc(C)c(-c2ccccc2)c1C(=O)OC. The highest BCUT2D eigenvalue weighted by molar-refractivity contribution is 7.99. The summed E-state index contributed by atoms with van der Waals surface area (Å²) in [7, 11) is 1.35. The molecule has 1 saturated carbocycles. The summed E-state index contributed by atoms with van der Waals surface area (Å²) >= 11 is 2.72. The molecule has 3 aromatic rings. The molecule has 196 valence electrons. The first-order chi connectivity index (χ1) is 18.0. The number of thiophene rings is 1. The number of aromatic nitrogens is 3. The predicted molar refractivity (Wildman–Crippen MR) is 150 cm³/mol. The van der Waals surface area contributed by atoms with Crippen LogP contribution in [-0.4, -0.2) is 39.5 Å². The van der Waals surface area contributed by atoms with Crippen LogP contribution in [0.3, 0.4) is 0 Å². The van der Waals surface area contributed by atoms with Crippen LogP contribution in [0, 0.1) is 12.8 Å². The fraction of sp³-hybridized carbons (Fsp3) is 0.429. The Morgan fingerprint density at radius 2 is 1.97 bits per heavy atom. The second kappa shape index (κ2) is 13.1. The van der Waals surface area contributed by atoms with Gasteiger partial charge in [-0.15, -0.1) is 28.1 Å². The molecule has 2 aromatic heterocycles. The van der Waals surface area contributed by atoms with E-state index in [1.165, 1.54) is 62.3 Å². The normalized spacial score (nSPS) is 13.9. The number of carbonyl (C=O) groups excluding carboxylic acids is 2. The molecule has 0 atom stereocenters. The van der Waals surface area contributed by atoms with E-state index in [2.05, 4.69) is 26.7 Å². The van der Waals surface area contributed by atoms with E-state index in [4.69, 9.17) is 4.74 Å². The van der Waals surface area contributed by atoms with E-state index in [0.717, 1.165) is 40.6 Å². The number of nitrogens with zero attached hydrogens (tertiary/aromatic N) is 3. The quantitative estimate of drug-likeness (QED) is 0.170. The van der Waals surface area contributed by atoms with Crippen molar-refractivity contribution in [1.82, 2.24) is 14.8 Å². The summed E-state index contributed by atoms with van der Waals surface area (Å²) in [6.45, 7) is 6.43. The third kappa shape index (κ3) is 6.70. The Balaban J connectivity index is 1.44. The standard InChI is InChI=1S/C28H34N4O3S2/c1-4-17-32-22(16-15-20-11-7-5-8-12-20)30-31-28(32)36-18-23(33)29-26-25(27(34)35-3)24(19(2)37-26)21-13-9-6-10-14-21/h4,6,9-10,13-14,20H,1,5,7-8,11-12,15-18H2,2-3H3,(H,29,33). The maximum atomic E-state index is 13.0. The number of nitrogens with one attached hydrogen (secondary N) is 1. The number of amides is 1. The zero-order valence-corrected chi connectivity index (χ0v) is 23.1. The molecule has 2 heterocycles. The van der Waals surface area contributed by atoms with Gasteiger partial charge in [0.2, 0.25) is 5.91 Å². The van der Waals surface area contributed by atoms with Crippen molar-refractivity contribution in [1.29, 1.82) is 0 Å². The maximum absolute atomic E-state index is 13.0. The van der Waals surface area contributed by atoms with Crippen LogP contribution in [0.15, 0.2) is 48.1 Å². The first-order valence-corrected chi connectivity index (χ1v) is 14.5. The lowest BCUT2D eigenvalue weighted by Gasteiger charge is -2.21. The van der Waals surface area contributed by atoms with Gasteiger partial charge in [-0.2, -0.15) is 0 Å². The number of anilines is 1. The number of esters is 1. The van der Waals surface area contributed by atoms with Gasteiger partial charge in [0.05, 0.1) is 12.9 Å². The number of ether oxygens (including phenoxy) is 1. The lowest BCUT2D eigenvalue weighted by Crippen LogP contribution is -2.16. The molecule has 0 unspecified atom stereocenters. The van der Waals surface area contributed by atoms with E-state index in [1.54, 1.807) is 0 Å². The number of benzene rings is 1. The van der Waals surface area contributed by atoms with E-state index < -0.39 is 5.97 Å². The van der Waals surface area contributed by atoms with Crippen molar-refractivity contribution in [2.45, 2.75) is 63.6 Å². The van der Waals surface area contributed by atoms with E-state index in [1.807, 2.05) is 43.3 Å². The van der Waals surface area contributed by atoms with Gasteiger partial charge in [0.1, 0.15) is 16.4 Å². The Bertz CT molecular complexity index is 1230. The molecule has 7 nitrogen and oxygen atoms in total. The number of hydrogen-bond acceptors (Lipinski definition) is 7. The van der Waals surface area contributed by atoms with Gasteiger partial charge in [-0.25, -0.2) is 4.79 Å². The Morgan fingerprint density at radius 1 is 1.22 bits per heavy atom. The topological polar surface area (TPSA) is 86.1 Å². The van der Waals surface area contributed by atoms with Crippen LogP contribution in [-0.2, 0) is 22.5 Å². The van der Waals surface area contributed by atoms with Crippen LogP contribution in [0.1, 0.15) is 59.6 Å². The largest absolute Gasteiger partial charge is 0.465 e. The summed E-state index contributed by atoms with van der Waals surface area (Å²) < 4.78 is 7.11. The molecule has 1 fully saturated rings. The minimum absolute atomic E-state index is 0.149. The Labute approximate surface area is 226 Å². The Morgan fingerprint density at radius 3 is 2.68 bits per heavy atom. The molecule has 0 radical (unpaired) electrons. The zero-order chi connectivity index (χ0) is 26.2. The smallest absolute Gasteiger partial charge is 0.341 e. The third-order valence-corrected chi connectivity index (χ3v) is 8.72. The van der Waals surface area contributed by atoms with Gasteiger partial charge in [0.25, 0.3) is 0 Å². The number of hydrogen-bond donors (Lipinski definition) is 1. The second-order valence-corrected chi connectivity index (χ2v) is 11.4. The van der Waals surface area contributed by atoms with Crippen LogP contribution < -0.4 is 5.32 Å². The number of rotatable bonds is 11. The summed E-state index contributed by atoms with van der Waals surface area (Å²) in [6.07, 6.45) is 10.5. The Kier molecular flexibility index (Phi) is 9.57. The van der Waals surface area contributed by atoms with E-state index in [0.29, 0.717) is 22.3 Å². The third-order valence-electron chi connectivity index (χ3n) is 6.73. The highest BCUT2D eigenvalue weighted by Gasteiger charge is 2.25. The number of methoxy groups -OCH3 is 1. The maximum Gasteiger partial charge on any atom is 0.341 e. The second-order valence-electron chi connectivity index (χ2n) is 9.27. The van der Waals surface area contributed by atoms with Crippen LogP contribution in [0.2, 0.25) is 0 Å². The molecule has 0 spiro atoms. The first kappa shape index (κ1) is 27.1. The molecule has 0 aliphatic heterocycles. The average molecular weight is 539 g/mol. The summed E-state index contributed by atoms with van der Waals surface area (Å²) in [5.41, 5.74) is 2.08. The van der Waals surface area contributed by atoms with Crippen molar-refractivity contribution < 1.29 is 14.3 Å². The van der Waals surface area contributed by atoms with Gasteiger partial charge >= 0.3 is 5.97 Å². The van der Waals surface area contributed by atoms with Crippen LogP contribution in [0.4, 0.5) is 5.00 Å². The molecule has 1 aliphatic carbocycles. The van der Waals surface area contributed by atoms with Crippen LogP contribution >= 0.6 is 23.1 Å². The molecule has 0 bridgehead atoms. The fourth-order valence-corrected chi connectivity index (χ4v) is 6.75. The summed E-state index contributed by atoms with van der Waals surface area (Å²) in [4.78, 5) is 26.6. The molecule has 37 heavy (non-hydrogen) atoms. The Hall–Kier alpha value is -2.91. The average Bonchev–Trinajstić information content (AvgIpc) is 3.46. The van der Waals surface area contributed by atoms with Crippen molar-refractivity contribution in [3.8, 4) is 11.1 Å². The molecule has 1 amide bonds. The van der Waals surface area contributed by atoms with Crippen molar-refractivity contribution in [2.75, 3.05) is 18.2 Å². The van der Waals surface area contributed by atoms with E-state index in [-0.39, 0.29) is 11.7 Å². The monoisotopic (exact) mass is 538 g/mol. The lowest BCUT2D eigenvalue weighted by atomic mass is 9.86. The molecule has 1 aliphatic rings. The lowest BCUT2D eigenvalue weighted by molar-refractivity contribution is -0.113. The molecule has 0 saturated heterocycles. The summed E-state index contributed by atoms with van der Waals surface area (Å²) in [6, 6.07) is 9.66. The molecular formula is C28H34N4O3S2. The molecule has 1 N–H and O–H groups in total. The summed E-state index contributed by atoms with van der Waals surface area (Å²) in [5.74, 6) is 1.18. The first-order valence-electron chi connectivity index (χ1n) is 12.7. The molecule has 9 heteroatoms. The van der Waals surface area contributed by atoms with Crippen molar-refractivity contribution in [3.63, 3.8) is 0 Å². The van der Waals surface area contributed by atoms with E-state index in [9.17, 15) is 9.59 Å². The van der Waals surface area contributed by atoms with Crippen molar-refractivity contribution in [2.24, 2.45) is 5.92 Å². The van der Waals surface area contributed by atoms with Gasteiger partial charge in [-0.05, 0) is 24.8 Å². The summed E-state index contributed by atoms with van der Waals surface area (Å²) in [5, 5.41) is 12.9. The molecule has 4 rings (SSSR count). The van der Waals surface area contributed by atoms with Gasteiger partial charge < -0.3 is 14.6 Å². The highest BCUT2D eigenvalue weighted by atomic mass is 32.2. The molecule has 1 aromatic carbocycles. The minimum Gasteiger partial charge on any atom is -0.465 e. The van der Waals surface area contributed by atoms with Crippen molar-refractivity contribution in [3.05, 3.63) is 59.3 Å². The zero-order valence-electron chi connectivity index (χ0n) is 21.5. The number of thioether (sulfide) groups is 1. The fourth-order valence-electron chi connectivity index (χ4n) is 4.91. The van der Waals surface area contributed by atoms with Gasteiger partial charge in [0, 0.05) is 23.4 Å². The number of allylic oxidation sites excluding steroid dienone is 1. The molecular weight excluding hydrogens is 504 g/mol. The predicted octanol–water partition coefficient (Wildman–Crippen LogP) is 6.53. The van der Waals surface area contributed by atoms with Crippen molar-refractivity contribution >= 4 is 40.0 Å². The van der Waals surface area contributed by atoms with Gasteiger partial charge in [0.15, 0.2) is 5.16 Å². The van der Waals surface area contributed by atoms with E-state index >= 15 is 0 Å². The van der Waals surface area contributed by atoms with Crippen LogP contribution in [0.5, 0.6) is 0 Å². The number of carbonyl (C=O) groups is 2. The number of aryl methyl sites for hydroxylation is 2. The minimum atomic E-state index is -0.473. The van der Waals surface area contributed by atoms with Gasteiger partial charge in [-0.3, -0.25) is 4.79 Å². The van der Waals surface area contributed by atoms with Gasteiger partial charge in [-0.1, -0.05) is 80.3 Å². The van der Waals surface area contributed by atoms with Crippen LogP contribution in [0.25, 0.3) is 11.1 Å².